The van der Waals surface area contributed by atoms with E-state index in [1.807, 2.05) is 0 Å². The Balaban J connectivity index is 2.18. The van der Waals surface area contributed by atoms with Crippen LogP contribution < -0.4 is 11.3 Å². The molecule has 0 spiro atoms. The lowest BCUT2D eigenvalue weighted by Gasteiger charge is -2.24. The van der Waals surface area contributed by atoms with Gasteiger partial charge >= 0.3 is 0 Å². The molecule has 1 heterocycles. The zero-order chi connectivity index (χ0) is 13.7. The number of nitrogen functional groups attached to an aromatic ring is 1. The van der Waals surface area contributed by atoms with Gasteiger partial charge in [0.1, 0.15) is 0 Å². The van der Waals surface area contributed by atoms with Gasteiger partial charge in [0, 0.05) is 18.8 Å². The van der Waals surface area contributed by atoms with E-state index in [1.165, 1.54) is 6.42 Å². The number of nitrogens with two attached hydrogens (primary N) is 1. The molecule has 0 aliphatic carbocycles. The molecule has 0 bridgehead atoms. The molecule has 5 nitrogen and oxygen atoms in total. The van der Waals surface area contributed by atoms with Crippen LogP contribution in [-0.4, -0.2) is 25.8 Å². The SMILES string of the molecule is NNc1ccc(S(=O)(=O)N2CCCCCCC2)cc1. The second-order valence-electron chi connectivity index (χ2n) is 4.84. The molecular formula is C13H21N3O2S. The van der Waals surface area contributed by atoms with Gasteiger partial charge in [-0.1, -0.05) is 19.3 Å². The van der Waals surface area contributed by atoms with Crippen LogP contribution in [0.15, 0.2) is 29.2 Å². The van der Waals surface area contributed by atoms with Gasteiger partial charge < -0.3 is 5.43 Å². The summed E-state index contributed by atoms with van der Waals surface area (Å²) in [5, 5.41) is 0. The summed E-state index contributed by atoms with van der Waals surface area (Å²) in [6.45, 7) is 1.25. The maximum Gasteiger partial charge on any atom is 0.243 e. The van der Waals surface area contributed by atoms with Crippen molar-refractivity contribution in [1.82, 2.24) is 4.31 Å². The molecule has 0 saturated carbocycles. The van der Waals surface area contributed by atoms with Crippen molar-refractivity contribution in [3.8, 4) is 0 Å². The molecule has 106 valence electrons. The Labute approximate surface area is 114 Å². The Morgan fingerprint density at radius 2 is 1.47 bits per heavy atom. The minimum absolute atomic E-state index is 0.340. The third kappa shape index (κ3) is 3.46. The van der Waals surface area contributed by atoms with Gasteiger partial charge in [-0.25, -0.2) is 8.42 Å². The summed E-state index contributed by atoms with van der Waals surface area (Å²) in [6.07, 6.45) is 5.33. The lowest BCUT2D eigenvalue weighted by atomic mass is 10.1. The van der Waals surface area contributed by atoms with E-state index in [4.69, 9.17) is 5.84 Å². The predicted octanol–water partition coefficient (Wildman–Crippen LogP) is 1.93. The Kier molecular flexibility index (Phi) is 4.79. The molecule has 0 radical (unpaired) electrons. The Bertz CT molecular complexity index is 491. The van der Waals surface area contributed by atoms with Crippen molar-refractivity contribution < 1.29 is 8.42 Å². The highest BCUT2D eigenvalue weighted by Gasteiger charge is 2.24. The number of sulfonamides is 1. The maximum absolute atomic E-state index is 12.5. The summed E-state index contributed by atoms with van der Waals surface area (Å²) < 4.78 is 26.7. The van der Waals surface area contributed by atoms with Crippen molar-refractivity contribution in [2.75, 3.05) is 18.5 Å². The van der Waals surface area contributed by atoms with Crippen LogP contribution in [0.3, 0.4) is 0 Å². The Morgan fingerprint density at radius 1 is 0.947 bits per heavy atom. The van der Waals surface area contributed by atoms with Crippen molar-refractivity contribution >= 4 is 15.7 Å². The van der Waals surface area contributed by atoms with E-state index in [1.54, 1.807) is 28.6 Å². The normalized spacial score (nSPS) is 18.6. The molecule has 3 N–H and O–H groups in total. The van der Waals surface area contributed by atoms with Gasteiger partial charge in [-0.05, 0) is 37.1 Å². The first kappa shape index (κ1) is 14.3. The summed E-state index contributed by atoms with van der Waals surface area (Å²) >= 11 is 0. The average molecular weight is 283 g/mol. The number of benzene rings is 1. The molecule has 1 aliphatic heterocycles. The van der Waals surface area contributed by atoms with Crippen LogP contribution in [0, 0.1) is 0 Å². The van der Waals surface area contributed by atoms with Crippen molar-refractivity contribution in [2.45, 2.75) is 37.0 Å². The molecule has 1 aromatic carbocycles. The van der Waals surface area contributed by atoms with Gasteiger partial charge in [0.05, 0.1) is 4.90 Å². The fourth-order valence-corrected chi connectivity index (χ4v) is 3.85. The summed E-state index contributed by atoms with van der Waals surface area (Å²) in [7, 11) is -3.36. The van der Waals surface area contributed by atoms with E-state index in [-0.39, 0.29) is 0 Å². The monoisotopic (exact) mass is 283 g/mol. The molecule has 2 rings (SSSR count). The lowest BCUT2D eigenvalue weighted by Crippen LogP contribution is -2.33. The van der Waals surface area contributed by atoms with Gasteiger partial charge in [-0.15, -0.1) is 0 Å². The highest BCUT2D eigenvalue weighted by atomic mass is 32.2. The zero-order valence-electron chi connectivity index (χ0n) is 11.0. The van der Waals surface area contributed by atoms with Crippen molar-refractivity contribution in [3.05, 3.63) is 24.3 Å². The van der Waals surface area contributed by atoms with Gasteiger partial charge in [0.15, 0.2) is 0 Å². The average Bonchev–Trinajstić information content (AvgIpc) is 2.38. The number of nitrogens with one attached hydrogen (secondary N) is 1. The molecule has 0 unspecified atom stereocenters. The summed E-state index contributed by atoms with van der Waals surface area (Å²) in [4.78, 5) is 0.340. The zero-order valence-corrected chi connectivity index (χ0v) is 11.8. The van der Waals surface area contributed by atoms with Gasteiger partial charge in [-0.3, -0.25) is 5.84 Å². The van der Waals surface area contributed by atoms with Crippen LogP contribution in [-0.2, 0) is 10.0 Å². The number of hydrogen-bond acceptors (Lipinski definition) is 4. The first-order valence-electron chi connectivity index (χ1n) is 6.71. The Morgan fingerprint density at radius 3 is 2.00 bits per heavy atom. The van der Waals surface area contributed by atoms with Gasteiger partial charge in [-0.2, -0.15) is 4.31 Å². The summed E-state index contributed by atoms with van der Waals surface area (Å²) in [5.74, 6) is 5.28. The van der Waals surface area contributed by atoms with Crippen LogP contribution in [0.2, 0.25) is 0 Å². The second kappa shape index (κ2) is 6.36. The maximum atomic E-state index is 12.5. The quantitative estimate of drug-likeness (QED) is 0.656. The summed E-state index contributed by atoms with van der Waals surface area (Å²) in [6, 6.07) is 6.56. The third-order valence-electron chi connectivity index (χ3n) is 3.47. The van der Waals surface area contributed by atoms with Gasteiger partial charge in [0.2, 0.25) is 10.0 Å². The molecule has 6 heteroatoms. The number of anilines is 1. The van der Waals surface area contributed by atoms with E-state index < -0.39 is 10.0 Å². The smallest absolute Gasteiger partial charge is 0.243 e. The molecule has 1 fully saturated rings. The molecule has 0 amide bonds. The second-order valence-corrected chi connectivity index (χ2v) is 6.78. The number of nitrogens with zero attached hydrogens (tertiary/aromatic N) is 1. The molecule has 0 aromatic heterocycles. The first-order valence-corrected chi connectivity index (χ1v) is 8.15. The molecule has 0 atom stereocenters. The highest BCUT2D eigenvalue weighted by molar-refractivity contribution is 7.89. The standard InChI is InChI=1S/C13H21N3O2S/c14-15-12-6-8-13(9-7-12)19(17,18)16-10-4-2-1-3-5-11-16/h6-9,15H,1-5,10-11,14H2. The largest absolute Gasteiger partial charge is 0.324 e. The Hall–Kier alpha value is -1.11. The lowest BCUT2D eigenvalue weighted by molar-refractivity contribution is 0.364. The predicted molar refractivity (Wildman–Crippen MR) is 76.1 cm³/mol. The summed E-state index contributed by atoms with van der Waals surface area (Å²) in [5.41, 5.74) is 3.20. The number of hydrogen-bond donors (Lipinski definition) is 2. The van der Waals surface area contributed by atoms with Crippen LogP contribution >= 0.6 is 0 Å². The number of hydrazine groups is 1. The van der Waals surface area contributed by atoms with E-state index in [0.29, 0.717) is 23.7 Å². The minimum atomic E-state index is -3.36. The fraction of sp³-hybridized carbons (Fsp3) is 0.538. The highest BCUT2D eigenvalue weighted by Crippen LogP contribution is 2.21. The van der Waals surface area contributed by atoms with Crippen molar-refractivity contribution in [2.24, 2.45) is 5.84 Å². The number of rotatable bonds is 3. The van der Waals surface area contributed by atoms with Crippen LogP contribution in [0.5, 0.6) is 0 Å². The molecule has 1 aromatic rings. The van der Waals surface area contributed by atoms with Crippen LogP contribution in [0.1, 0.15) is 32.1 Å². The van der Waals surface area contributed by atoms with E-state index in [0.717, 1.165) is 25.7 Å². The van der Waals surface area contributed by atoms with Crippen LogP contribution in [0.25, 0.3) is 0 Å². The van der Waals surface area contributed by atoms with E-state index in [9.17, 15) is 8.42 Å². The first-order chi connectivity index (χ1) is 9.14. The third-order valence-corrected chi connectivity index (χ3v) is 5.39. The van der Waals surface area contributed by atoms with Crippen LogP contribution in [0.4, 0.5) is 5.69 Å². The van der Waals surface area contributed by atoms with Crippen molar-refractivity contribution in [1.29, 1.82) is 0 Å². The molecule has 1 saturated heterocycles. The molecule has 1 aliphatic rings. The minimum Gasteiger partial charge on any atom is -0.324 e. The molecular weight excluding hydrogens is 262 g/mol. The van der Waals surface area contributed by atoms with E-state index in [2.05, 4.69) is 5.43 Å². The van der Waals surface area contributed by atoms with E-state index >= 15 is 0 Å². The van der Waals surface area contributed by atoms with Gasteiger partial charge in [0.25, 0.3) is 0 Å². The fourth-order valence-electron chi connectivity index (χ4n) is 2.33. The molecule has 19 heavy (non-hydrogen) atoms. The van der Waals surface area contributed by atoms with Crippen molar-refractivity contribution in [3.63, 3.8) is 0 Å². The topological polar surface area (TPSA) is 75.4 Å².